The Morgan fingerprint density at radius 3 is 2.44 bits per heavy atom. The number of anilines is 1. The van der Waals surface area contributed by atoms with E-state index in [1.54, 1.807) is 19.1 Å². The van der Waals surface area contributed by atoms with Crippen molar-refractivity contribution in [2.75, 3.05) is 5.73 Å². The number of benzene rings is 1. The lowest BCUT2D eigenvalue weighted by molar-refractivity contribution is 0.557. The average molecular weight is 266 g/mol. The fraction of sp³-hybridized carbons (Fsp3) is 0.385. The third-order valence-electron chi connectivity index (χ3n) is 3.16. The molecular weight excluding hydrogens is 248 g/mol. The zero-order chi connectivity index (χ0) is 13.3. The van der Waals surface area contributed by atoms with Gasteiger partial charge in [0.15, 0.2) is 0 Å². The van der Waals surface area contributed by atoms with Gasteiger partial charge in [-0.1, -0.05) is 12.2 Å². The number of nitrogens with one attached hydrogen (secondary N) is 1. The van der Waals surface area contributed by atoms with Crippen LogP contribution in [0.4, 0.5) is 5.69 Å². The monoisotopic (exact) mass is 266 g/mol. The molecule has 0 fully saturated rings. The molecule has 3 N–H and O–H groups in total. The minimum atomic E-state index is -3.49. The molecule has 1 aromatic carbocycles. The zero-order valence-corrected chi connectivity index (χ0v) is 11.4. The molecule has 0 amide bonds. The molecule has 0 aromatic heterocycles. The summed E-state index contributed by atoms with van der Waals surface area (Å²) in [5.41, 5.74) is 7.80. The SMILES string of the molecule is Cc1cc(N)c(C)c(S(=O)(=O)NC2CC=CC2)c1. The van der Waals surface area contributed by atoms with Crippen LogP contribution in [-0.4, -0.2) is 14.5 Å². The smallest absolute Gasteiger partial charge is 0.241 e. The van der Waals surface area contributed by atoms with Crippen LogP contribution in [0.25, 0.3) is 0 Å². The summed E-state index contributed by atoms with van der Waals surface area (Å²) < 4.78 is 27.4. The Morgan fingerprint density at radius 2 is 1.83 bits per heavy atom. The molecular formula is C13H18N2O2S. The van der Waals surface area contributed by atoms with E-state index in [0.29, 0.717) is 11.3 Å². The summed E-state index contributed by atoms with van der Waals surface area (Å²) in [5, 5.41) is 0. The van der Waals surface area contributed by atoms with Gasteiger partial charge in [0.05, 0.1) is 4.90 Å². The molecule has 0 atom stereocenters. The van der Waals surface area contributed by atoms with Crippen LogP contribution in [0.5, 0.6) is 0 Å². The van der Waals surface area contributed by atoms with Gasteiger partial charge in [0.25, 0.3) is 0 Å². The Bertz CT molecular complexity index is 583. The summed E-state index contributed by atoms with van der Waals surface area (Å²) in [6.07, 6.45) is 5.48. The molecule has 0 saturated heterocycles. The fourth-order valence-electron chi connectivity index (χ4n) is 2.13. The van der Waals surface area contributed by atoms with Crippen molar-refractivity contribution >= 4 is 15.7 Å². The normalized spacial score (nSPS) is 16.3. The zero-order valence-electron chi connectivity index (χ0n) is 10.6. The predicted octanol–water partition coefficient (Wildman–Crippen LogP) is 1.88. The first-order valence-corrected chi connectivity index (χ1v) is 7.42. The summed E-state index contributed by atoms with van der Waals surface area (Å²) in [7, 11) is -3.49. The average Bonchev–Trinajstić information content (AvgIpc) is 2.75. The highest BCUT2D eigenvalue weighted by atomic mass is 32.2. The number of nitrogen functional groups attached to an aromatic ring is 1. The van der Waals surface area contributed by atoms with Crippen molar-refractivity contribution < 1.29 is 8.42 Å². The van der Waals surface area contributed by atoms with Crippen molar-refractivity contribution in [2.45, 2.75) is 37.6 Å². The van der Waals surface area contributed by atoms with E-state index in [2.05, 4.69) is 4.72 Å². The van der Waals surface area contributed by atoms with Crippen LogP contribution in [0.2, 0.25) is 0 Å². The molecule has 5 heteroatoms. The van der Waals surface area contributed by atoms with Crippen LogP contribution in [0, 0.1) is 13.8 Å². The standard InChI is InChI=1S/C13H18N2O2S/c1-9-7-12(14)10(2)13(8-9)18(16,17)15-11-5-3-4-6-11/h3-4,7-8,11,15H,5-6,14H2,1-2H3. The fourth-order valence-corrected chi connectivity index (χ4v) is 3.75. The Kier molecular flexibility index (Phi) is 3.45. The highest BCUT2D eigenvalue weighted by molar-refractivity contribution is 7.89. The summed E-state index contributed by atoms with van der Waals surface area (Å²) in [6, 6.07) is 3.41. The molecule has 18 heavy (non-hydrogen) atoms. The van der Waals surface area contributed by atoms with Crippen molar-refractivity contribution in [2.24, 2.45) is 0 Å². The van der Waals surface area contributed by atoms with E-state index in [-0.39, 0.29) is 10.9 Å². The number of nitrogens with two attached hydrogens (primary N) is 1. The minimum absolute atomic E-state index is 0.0314. The molecule has 1 aliphatic rings. The molecule has 1 aromatic rings. The van der Waals surface area contributed by atoms with E-state index in [9.17, 15) is 8.42 Å². The van der Waals surface area contributed by atoms with E-state index in [0.717, 1.165) is 18.4 Å². The van der Waals surface area contributed by atoms with Crippen LogP contribution in [0.1, 0.15) is 24.0 Å². The van der Waals surface area contributed by atoms with Gasteiger partial charge in [-0.25, -0.2) is 13.1 Å². The molecule has 1 aliphatic carbocycles. The lowest BCUT2D eigenvalue weighted by atomic mass is 10.1. The topological polar surface area (TPSA) is 72.2 Å². The van der Waals surface area contributed by atoms with Crippen molar-refractivity contribution in [3.63, 3.8) is 0 Å². The van der Waals surface area contributed by atoms with E-state index in [1.807, 2.05) is 19.1 Å². The number of aryl methyl sites for hydroxylation is 1. The highest BCUT2D eigenvalue weighted by Gasteiger charge is 2.23. The molecule has 2 rings (SSSR count). The third kappa shape index (κ3) is 2.57. The molecule has 98 valence electrons. The molecule has 0 spiro atoms. The quantitative estimate of drug-likeness (QED) is 0.648. The summed E-state index contributed by atoms with van der Waals surface area (Å²) in [6.45, 7) is 3.57. The second-order valence-electron chi connectivity index (χ2n) is 4.74. The first-order valence-electron chi connectivity index (χ1n) is 5.94. The van der Waals surface area contributed by atoms with Gasteiger partial charge >= 0.3 is 0 Å². The Balaban J connectivity index is 2.34. The molecule has 0 saturated carbocycles. The van der Waals surface area contributed by atoms with Gasteiger partial charge in [-0.15, -0.1) is 0 Å². The van der Waals surface area contributed by atoms with Gasteiger partial charge in [0, 0.05) is 11.7 Å². The van der Waals surface area contributed by atoms with Crippen molar-refractivity contribution in [1.82, 2.24) is 4.72 Å². The second kappa shape index (κ2) is 4.74. The number of hydrogen-bond acceptors (Lipinski definition) is 3. The van der Waals surface area contributed by atoms with Crippen molar-refractivity contribution in [3.05, 3.63) is 35.4 Å². The molecule has 0 bridgehead atoms. The Hall–Kier alpha value is -1.33. The van der Waals surface area contributed by atoms with Crippen molar-refractivity contribution in [3.8, 4) is 0 Å². The molecule has 0 unspecified atom stereocenters. The largest absolute Gasteiger partial charge is 0.398 e. The third-order valence-corrected chi connectivity index (χ3v) is 4.81. The van der Waals surface area contributed by atoms with Crippen LogP contribution in [0.15, 0.2) is 29.2 Å². The van der Waals surface area contributed by atoms with Gasteiger partial charge in [0.2, 0.25) is 10.0 Å². The predicted molar refractivity (Wildman–Crippen MR) is 72.8 cm³/mol. The number of sulfonamides is 1. The van der Waals surface area contributed by atoms with Crippen LogP contribution in [0.3, 0.4) is 0 Å². The lowest BCUT2D eigenvalue weighted by Gasteiger charge is -2.15. The van der Waals surface area contributed by atoms with Gasteiger partial charge < -0.3 is 5.73 Å². The molecule has 4 nitrogen and oxygen atoms in total. The molecule has 0 radical (unpaired) electrons. The maximum absolute atomic E-state index is 12.3. The van der Waals surface area contributed by atoms with Crippen LogP contribution in [-0.2, 0) is 10.0 Å². The van der Waals surface area contributed by atoms with Crippen LogP contribution < -0.4 is 10.5 Å². The molecule has 0 heterocycles. The van der Waals surface area contributed by atoms with Gasteiger partial charge in [-0.05, 0) is 49.9 Å². The van der Waals surface area contributed by atoms with E-state index in [4.69, 9.17) is 5.73 Å². The minimum Gasteiger partial charge on any atom is -0.398 e. The van der Waals surface area contributed by atoms with Gasteiger partial charge in [-0.2, -0.15) is 0 Å². The van der Waals surface area contributed by atoms with Crippen molar-refractivity contribution in [1.29, 1.82) is 0 Å². The number of rotatable bonds is 3. The Labute approximate surface area is 108 Å². The van der Waals surface area contributed by atoms with Gasteiger partial charge in [-0.3, -0.25) is 0 Å². The summed E-state index contributed by atoms with van der Waals surface area (Å²) in [4.78, 5) is 0.284. The summed E-state index contributed by atoms with van der Waals surface area (Å²) in [5.74, 6) is 0. The maximum Gasteiger partial charge on any atom is 0.241 e. The van der Waals surface area contributed by atoms with Gasteiger partial charge in [0.1, 0.15) is 0 Å². The first-order chi connectivity index (χ1) is 8.40. The Morgan fingerprint density at radius 1 is 1.22 bits per heavy atom. The van der Waals surface area contributed by atoms with E-state index in [1.165, 1.54) is 0 Å². The summed E-state index contributed by atoms with van der Waals surface area (Å²) >= 11 is 0. The molecule has 0 aliphatic heterocycles. The number of hydrogen-bond donors (Lipinski definition) is 2. The van der Waals surface area contributed by atoms with E-state index >= 15 is 0 Å². The maximum atomic E-state index is 12.3. The van der Waals surface area contributed by atoms with Crippen LogP contribution >= 0.6 is 0 Å². The first kappa shape index (κ1) is 13.1. The van der Waals surface area contributed by atoms with E-state index < -0.39 is 10.0 Å². The highest BCUT2D eigenvalue weighted by Crippen LogP contribution is 2.24. The lowest BCUT2D eigenvalue weighted by Crippen LogP contribution is -2.33. The second-order valence-corrected chi connectivity index (χ2v) is 6.42.